The van der Waals surface area contributed by atoms with E-state index in [4.69, 9.17) is 4.74 Å². The van der Waals surface area contributed by atoms with Gasteiger partial charge < -0.3 is 15.4 Å². The highest BCUT2D eigenvalue weighted by atomic mass is 79.9. The first-order chi connectivity index (χ1) is 8.36. The lowest BCUT2D eigenvalue weighted by Crippen LogP contribution is -2.34. The quantitative estimate of drug-likeness (QED) is 0.889. The van der Waals surface area contributed by atoms with Gasteiger partial charge >= 0.3 is 6.03 Å². The van der Waals surface area contributed by atoms with Gasteiger partial charge in [0, 0.05) is 22.3 Å². The van der Waals surface area contributed by atoms with Gasteiger partial charge in [0.1, 0.15) is 5.75 Å². The molecule has 100 valence electrons. The molecule has 0 spiro atoms. The Morgan fingerprint density at radius 1 is 1.22 bits per heavy atom. The summed E-state index contributed by atoms with van der Waals surface area (Å²) in [5.74, 6) is 0.722. The fourth-order valence-electron chi connectivity index (χ4n) is 1.40. The molecule has 1 aromatic rings. The third kappa shape index (κ3) is 5.40. The van der Waals surface area contributed by atoms with Gasteiger partial charge in [-0.1, -0.05) is 15.9 Å². The summed E-state index contributed by atoms with van der Waals surface area (Å²) in [5.41, 5.74) is 0.693. The minimum atomic E-state index is -0.224. The number of carbonyl (C=O) groups excluding carboxylic acids is 1. The first-order valence-corrected chi connectivity index (χ1v) is 6.71. The maximum atomic E-state index is 11.6. The number of nitrogens with one attached hydrogen (secondary N) is 2. The van der Waals surface area contributed by atoms with Crippen molar-refractivity contribution in [1.82, 2.24) is 5.32 Å². The third-order valence-electron chi connectivity index (χ3n) is 1.92. The largest absolute Gasteiger partial charge is 0.491 e. The second kappa shape index (κ2) is 6.64. The van der Waals surface area contributed by atoms with E-state index in [1.165, 1.54) is 0 Å². The number of anilines is 1. The minimum absolute atomic E-state index is 0.0941. The normalized spacial score (nSPS) is 10.6. The number of halogens is 1. The van der Waals surface area contributed by atoms with Crippen molar-refractivity contribution in [3.63, 3.8) is 0 Å². The number of urea groups is 1. The molecule has 0 aliphatic heterocycles. The molecule has 0 atom stereocenters. The highest BCUT2D eigenvalue weighted by Crippen LogP contribution is 2.25. The lowest BCUT2D eigenvalue weighted by Gasteiger charge is -2.13. The molecule has 0 saturated carbocycles. The van der Waals surface area contributed by atoms with Crippen molar-refractivity contribution in [3.8, 4) is 5.75 Å². The van der Waals surface area contributed by atoms with E-state index in [1.807, 2.05) is 39.8 Å². The van der Waals surface area contributed by atoms with Crippen LogP contribution in [0.25, 0.3) is 0 Å². The molecule has 0 aromatic heterocycles. The van der Waals surface area contributed by atoms with E-state index in [-0.39, 0.29) is 18.2 Å². The highest BCUT2D eigenvalue weighted by Gasteiger charge is 2.06. The Bertz CT molecular complexity index is 419. The molecular formula is C13H19BrN2O2. The molecule has 1 aromatic carbocycles. The fraction of sp³-hybridized carbons (Fsp3) is 0.462. The van der Waals surface area contributed by atoms with Crippen LogP contribution in [0.5, 0.6) is 5.75 Å². The summed E-state index contributed by atoms with van der Waals surface area (Å²) in [6, 6.07) is 5.37. The van der Waals surface area contributed by atoms with E-state index in [0.717, 1.165) is 10.2 Å². The van der Waals surface area contributed by atoms with Crippen LogP contribution in [0.15, 0.2) is 22.7 Å². The zero-order valence-electron chi connectivity index (χ0n) is 11.1. The Kier molecular flexibility index (Phi) is 5.47. The van der Waals surface area contributed by atoms with Gasteiger partial charge in [0.25, 0.3) is 0 Å². The van der Waals surface area contributed by atoms with Crippen LogP contribution in [0.2, 0.25) is 0 Å². The van der Waals surface area contributed by atoms with Crippen molar-refractivity contribution in [2.45, 2.75) is 39.8 Å². The Morgan fingerprint density at radius 3 is 2.44 bits per heavy atom. The highest BCUT2D eigenvalue weighted by molar-refractivity contribution is 9.10. The van der Waals surface area contributed by atoms with Gasteiger partial charge in [0.15, 0.2) is 0 Å². The van der Waals surface area contributed by atoms with E-state index in [9.17, 15) is 4.79 Å². The molecule has 18 heavy (non-hydrogen) atoms. The number of hydrogen-bond acceptors (Lipinski definition) is 2. The van der Waals surface area contributed by atoms with Gasteiger partial charge in [-0.2, -0.15) is 0 Å². The zero-order chi connectivity index (χ0) is 13.7. The van der Waals surface area contributed by atoms with Crippen LogP contribution in [0.1, 0.15) is 27.7 Å². The van der Waals surface area contributed by atoms with E-state index in [1.54, 1.807) is 6.07 Å². The van der Waals surface area contributed by atoms with Crippen molar-refractivity contribution in [1.29, 1.82) is 0 Å². The standard InChI is InChI=1S/C13H19BrN2O2/c1-8(2)15-13(17)16-11-5-10(14)6-12(7-11)18-9(3)4/h5-9H,1-4H3,(H2,15,16,17). The van der Waals surface area contributed by atoms with Crippen molar-refractivity contribution < 1.29 is 9.53 Å². The molecule has 0 fully saturated rings. The monoisotopic (exact) mass is 314 g/mol. The fourth-order valence-corrected chi connectivity index (χ4v) is 1.88. The summed E-state index contributed by atoms with van der Waals surface area (Å²) < 4.78 is 6.46. The van der Waals surface area contributed by atoms with Crippen LogP contribution in [0.3, 0.4) is 0 Å². The summed E-state index contributed by atoms with van der Waals surface area (Å²) in [6.45, 7) is 7.74. The Hall–Kier alpha value is -1.23. The molecule has 2 N–H and O–H groups in total. The molecular weight excluding hydrogens is 296 g/mol. The molecule has 0 aliphatic carbocycles. The van der Waals surface area contributed by atoms with Gasteiger partial charge in [-0.15, -0.1) is 0 Å². The third-order valence-corrected chi connectivity index (χ3v) is 2.38. The predicted octanol–water partition coefficient (Wildman–Crippen LogP) is 3.77. The molecule has 0 bridgehead atoms. The lowest BCUT2D eigenvalue weighted by molar-refractivity contribution is 0.242. The number of hydrogen-bond donors (Lipinski definition) is 2. The first-order valence-electron chi connectivity index (χ1n) is 5.91. The zero-order valence-corrected chi connectivity index (χ0v) is 12.7. The first kappa shape index (κ1) is 14.8. The van der Waals surface area contributed by atoms with Crippen molar-refractivity contribution in [2.24, 2.45) is 0 Å². The molecule has 0 unspecified atom stereocenters. The number of amides is 2. The summed E-state index contributed by atoms with van der Waals surface area (Å²) in [7, 11) is 0. The second-order valence-electron chi connectivity index (χ2n) is 4.60. The maximum Gasteiger partial charge on any atom is 0.319 e. The number of ether oxygens (including phenoxy) is 1. The molecule has 1 rings (SSSR count). The molecule has 4 nitrogen and oxygen atoms in total. The van der Waals surface area contributed by atoms with Crippen LogP contribution < -0.4 is 15.4 Å². The van der Waals surface area contributed by atoms with E-state index < -0.39 is 0 Å². The van der Waals surface area contributed by atoms with Gasteiger partial charge in [-0.05, 0) is 39.8 Å². The Balaban J connectivity index is 2.76. The van der Waals surface area contributed by atoms with Crippen LogP contribution >= 0.6 is 15.9 Å². The molecule has 5 heteroatoms. The van der Waals surface area contributed by atoms with E-state index >= 15 is 0 Å². The lowest BCUT2D eigenvalue weighted by atomic mass is 10.3. The number of benzene rings is 1. The number of carbonyl (C=O) groups is 1. The van der Waals surface area contributed by atoms with Crippen molar-refractivity contribution in [3.05, 3.63) is 22.7 Å². The predicted molar refractivity (Wildman–Crippen MR) is 77.2 cm³/mol. The SMILES string of the molecule is CC(C)NC(=O)Nc1cc(Br)cc(OC(C)C)c1. The van der Waals surface area contributed by atoms with Gasteiger partial charge in [0.2, 0.25) is 0 Å². The second-order valence-corrected chi connectivity index (χ2v) is 5.51. The Morgan fingerprint density at radius 2 is 1.89 bits per heavy atom. The van der Waals surface area contributed by atoms with Crippen molar-refractivity contribution in [2.75, 3.05) is 5.32 Å². The molecule has 2 amide bonds. The van der Waals surface area contributed by atoms with Gasteiger partial charge in [-0.3, -0.25) is 0 Å². The summed E-state index contributed by atoms with van der Waals surface area (Å²) in [6.07, 6.45) is 0.0941. The summed E-state index contributed by atoms with van der Waals surface area (Å²) in [4.78, 5) is 11.6. The Labute approximate surface area is 116 Å². The minimum Gasteiger partial charge on any atom is -0.491 e. The van der Waals surface area contributed by atoms with Crippen LogP contribution in [-0.2, 0) is 0 Å². The molecule has 0 radical (unpaired) electrons. The summed E-state index contributed by atoms with van der Waals surface area (Å²) in [5, 5.41) is 5.53. The smallest absolute Gasteiger partial charge is 0.319 e. The van der Waals surface area contributed by atoms with Crippen LogP contribution in [0, 0.1) is 0 Å². The van der Waals surface area contributed by atoms with Crippen molar-refractivity contribution >= 4 is 27.6 Å². The van der Waals surface area contributed by atoms with Crippen LogP contribution in [-0.4, -0.2) is 18.2 Å². The van der Waals surface area contributed by atoms with Gasteiger partial charge in [-0.25, -0.2) is 4.79 Å². The molecule has 0 aliphatic rings. The average Bonchev–Trinajstić information content (AvgIpc) is 2.12. The topological polar surface area (TPSA) is 50.4 Å². The molecule has 0 saturated heterocycles. The van der Waals surface area contributed by atoms with Gasteiger partial charge in [0.05, 0.1) is 6.10 Å². The average molecular weight is 315 g/mol. The maximum absolute atomic E-state index is 11.6. The van der Waals surface area contributed by atoms with E-state index in [2.05, 4.69) is 26.6 Å². The summed E-state index contributed by atoms with van der Waals surface area (Å²) >= 11 is 3.39. The number of rotatable bonds is 4. The van der Waals surface area contributed by atoms with E-state index in [0.29, 0.717) is 5.69 Å². The molecule has 0 heterocycles. The van der Waals surface area contributed by atoms with Crippen LogP contribution in [0.4, 0.5) is 10.5 Å².